The molecule has 0 radical (unpaired) electrons. The zero-order chi connectivity index (χ0) is 18.8. The summed E-state index contributed by atoms with van der Waals surface area (Å²) in [6.07, 6.45) is 7.06. The van der Waals surface area contributed by atoms with E-state index in [0.717, 1.165) is 17.3 Å². The van der Waals surface area contributed by atoms with Crippen LogP contribution in [0, 0.1) is 6.92 Å². The van der Waals surface area contributed by atoms with Crippen LogP contribution < -0.4 is 4.90 Å². The molecule has 1 aliphatic carbocycles. The average molecular weight is 372 g/mol. The van der Waals surface area contributed by atoms with Gasteiger partial charge in [0.05, 0.1) is 12.2 Å². The van der Waals surface area contributed by atoms with Gasteiger partial charge in [-0.15, -0.1) is 10.2 Å². The van der Waals surface area contributed by atoms with Crippen molar-refractivity contribution in [1.29, 1.82) is 0 Å². The first kappa shape index (κ1) is 16.3. The lowest BCUT2D eigenvalue weighted by Gasteiger charge is -2.48. The molecule has 2 aliphatic rings. The normalized spacial score (nSPS) is 20.9. The Hall–Kier alpha value is -2.91. The highest BCUT2D eigenvalue weighted by molar-refractivity contribution is 5.63. The van der Waals surface area contributed by atoms with Crippen molar-refractivity contribution in [2.45, 2.75) is 51.1 Å². The van der Waals surface area contributed by atoms with Gasteiger partial charge in [0.2, 0.25) is 5.95 Å². The molecule has 8 nitrogen and oxygen atoms in total. The van der Waals surface area contributed by atoms with Crippen molar-refractivity contribution in [1.82, 2.24) is 34.3 Å². The fourth-order valence-corrected chi connectivity index (χ4v) is 4.00. The van der Waals surface area contributed by atoms with E-state index in [0.29, 0.717) is 18.2 Å². The zero-order valence-electron chi connectivity index (χ0n) is 14.9. The van der Waals surface area contributed by atoms with E-state index in [1.54, 1.807) is 29.5 Å². The molecule has 3 aromatic rings. The summed E-state index contributed by atoms with van der Waals surface area (Å²) in [4.78, 5) is 15.2. The van der Waals surface area contributed by atoms with E-state index < -0.39 is 5.92 Å². The molecule has 27 heavy (non-hydrogen) atoms. The van der Waals surface area contributed by atoms with Gasteiger partial charge in [-0.05, 0) is 13.3 Å². The summed E-state index contributed by atoms with van der Waals surface area (Å²) in [5.41, 5.74) is 0.719. The summed E-state index contributed by atoms with van der Waals surface area (Å²) in [6, 6.07) is -0.453. The van der Waals surface area contributed by atoms with Crippen LogP contribution in [0.1, 0.15) is 43.9 Å². The molecular formula is C17H18F2N8. The lowest BCUT2D eigenvalue weighted by atomic mass is 9.85. The number of aromatic nitrogens is 7. The van der Waals surface area contributed by atoms with E-state index in [2.05, 4.69) is 20.2 Å². The number of fused-ring (bicyclic) bond motifs is 3. The largest absolute Gasteiger partial charge is 0.341 e. The fourth-order valence-electron chi connectivity index (χ4n) is 4.00. The van der Waals surface area contributed by atoms with Crippen LogP contribution in [0.25, 0.3) is 11.6 Å². The highest BCUT2D eigenvalue weighted by atomic mass is 19.3. The second kappa shape index (κ2) is 5.54. The van der Waals surface area contributed by atoms with Gasteiger partial charge >= 0.3 is 0 Å². The Bertz CT molecular complexity index is 989. The Morgan fingerprint density at radius 3 is 2.74 bits per heavy atom. The van der Waals surface area contributed by atoms with Gasteiger partial charge in [0.25, 0.3) is 5.92 Å². The quantitative estimate of drug-likeness (QED) is 0.703. The van der Waals surface area contributed by atoms with Crippen LogP contribution >= 0.6 is 0 Å². The van der Waals surface area contributed by atoms with Crippen LogP contribution in [0.4, 0.5) is 14.6 Å². The Kier molecular flexibility index (Phi) is 3.34. The smallest absolute Gasteiger partial charge is 0.252 e. The number of aryl methyl sites for hydroxylation is 1. The molecule has 5 rings (SSSR count). The average Bonchev–Trinajstić information content (AvgIpc) is 3.28. The van der Waals surface area contributed by atoms with Gasteiger partial charge in [0.15, 0.2) is 11.6 Å². The monoisotopic (exact) mass is 372 g/mol. The SMILES string of the molecule is CC[C@@H]1c2nnc(C)n2-c2cnc(-n3ccnc3)nc2N1C1CC(F)(F)C1. The molecule has 0 spiro atoms. The highest BCUT2D eigenvalue weighted by Gasteiger charge is 2.52. The topological polar surface area (TPSA) is 77.5 Å². The fraction of sp³-hybridized carbons (Fsp3) is 0.471. The second-order valence-corrected chi connectivity index (χ2v) is 7.04. The lowest BCUT2D eigenvalue weighted by molar-refractivity contribution is -0.0878. The Balaban J connectivity index is 1.69. The Morgan fingerprint density at radius 2 is 2.07 bits per heavy atom. The Morgan fingerprint density at radius 1 is 1.26 bits per heavy atom. The van der Waals surface area contributed by atoms with Crippen molar-refractivity contribution in [3.8, 4) is 11.6 Å². The Labute approximate surface area is 153 Å². The van der Waals surface area contributed by atoms with E-state index >= 15 is 0 Å². The number of nitrogens with zero attached hydrogens (tertiary/aromatic N) is 8. The van der Waals surface area contributed by atoms with E-state index in [1.807, 2.05) is 23.3 Å². The van der Waals surface area contributed by atoms with Crippen LogP contribution in [-0.2, 0) is 0 Å². The highest BCUT2D eigenvalue weighted by Crippen LogP contribution is 2.48. The van der Waals surface area contributed by atoms with Gasteiger partial charge in [0, 0.05) is 31.3 Å². The van der Waals surface area contributed by atoms with Gasteiger partial charge in [-0.1, -0.05) is 6.92 Å². The maximum Gasteiger partial charge on any atom is 0.252 e. The molecule has 4 heterocycles. The van der Waals surface area contributed by atoms with Crippen LogP contribution in [0.3, 0.4) is 0 Å². The molecule has 1 atom stereocenters. The maximum atomic E-state index is 13.6. The first-order chi connectivity index (χ1) is 13.0. The van der Waals surface area contributed by atoms with E-state index in [9.17, 15) is 8.78 Å². The number of imidazole rings is 1. The van der Waals surface area contributed by atoms with E-state index in [-0.39, 0.29) is 24.9 Å². The number of halogens is 2. The van der Waals surface area contributed by atoms with Gasteiger partial charge in [-0.3, -0.25) is 9.13 Å². The van der Waals surface area contributed by atoms with Crippen molar-refractivity contribution in [3.05, 3.63) is 36.6 Å². The third kappa shape index (κ3) is 2.35. The molecule has 1 aliphatic heterocycles. The van der Waals surface area contributed by atoms with Crippen molar-refractivity contribution in [2.75, 3.05) is 4.90 Å². The molecule has 0 aromatic carbocycles. The molecule has 1 saturated carbocycles. The third-order valence-electron chi connectivity index (χ3n) is 5.29. The summed E-state index contributed by atoms with van der Waals surface area (Å²) in [7, 11) is 0. The van der Waals surface area contributed by atoms with Gasteiger partial charge in [-0.2, -0.15) is 4.98 Å². The summed E-state index contributed by atoms with van der Waals surface area (Å²) in [5, 5.41) is 8.52. The molecule has 10 heteroatoms. The number of anilines is 1. The summed E-state index contributed by atoms with van der Waals surface area (Å²) < 4.78 is 30.9. The summed E-state index contributed by atoms with van der Waals surface area (Å²) >= 11 is 0. The summed E-state index contributed by atoms with van der Waals surface area (Å²) in [6.45, 7) is 3.88. The zero-order valence-corrected chi connectivity index (χ0v) is 14.9. The number of alkyl halides is 2. The molecule has 0 saturated heterocycles. The second-order valence-electron chi connectivity index (χ2n) is 7.04. The minimum absolute atomic E-state index is 0.162. The van der Waals surface area contributed by atoms with Crippen molar-refractivity contribution in [2.24, 2.45) is 0 Å². The predicted octanol–water partition coefficient (Wildman–Crippen LogP) is 2.62. The van der Waals surface area contributed by atoms with Gasteiger partial charge in [0.1, 0.15) is 17.8 Å². The first-order valence-corrected chi connectivity index (χ1v) is 8.92. The molecule has 0 N–H and O–H groups in total. The molecular weight excluding hydrogens is 354 g/mol. The molecule has 3 aromatic heterocycles. The molecule has 0 unspecified atom stereocenters. The molecule has 0 amide bonds. The van der Waals surface area contributed by atoms with Crippen LogP contribution in [-0.4, -0.2) is 46.2 Å². The van der Waals surface area contributed by atoms with E-state index in [1.165, 1.54) is 0 Å². The maximum absolute atomic E-state index is 13.6. The van der Waals surface area contributed by atoms with Crippen LogP contribution in [0.15, 0.2) is 24.9 Å². The number of hydrogen-bond donors (Lipinski definition) is 0. The minimum atomic E-state index is -2.62. The molecule has 140 valence electrons. The van der Waals surface area contributed by atoms with Gasteiger partial charge < -0.3 is 4.90 Å². The van der Waals surface area contributed by atoms with Crippen LogP contribution in [0.2, 0.25) is 0 Å². The first-order valence-electron chi connectivity index (χ1n) is 8.92. The van der Waals surface area contributed by atoms with E-state index in [4.69, 9.17) is 4.98 Å². The standard InChI is InChI=1S/C17H18F2N8/c1-3-12-15-24-23-10(2)26(15)13-8-21-16(25-5-4-20-9-25)22-14(13)27(12)11-6-17(18,19)7-11/h4-5,8-9,11-12H,3,6-7H2,1-2H3/t12-/m1/s1. The number of hydrogen-bond acceptors (Lipinski definition) is 6. The van der Waals surface area contributed by atoms with Gasteiger partial charge in [-0.25, -0.2) is 18.7 Å². The predicted molar refractivity (Wildman–Crippen MR) is 92.3 cm³/mol. The lowest BCUT2D eigenvalue weighted by Crippen LogP contribution is -2.54. The third-order valence-corrected chi connectivity index (χ3v) is 5.29. The molecule has 0 bridgehead atoms. The summed E-state index contributed by atoms with van der Waals surface area (Å²) in [5.74, 6) is -0.0635. The number of rotatable bonds is 3. The molecule has 1 fully saturated rings. The van der Waals surface area contributed by atoms with Crippen molar-refractivity contribution in [3.63, 3.8) is 0 Å². The minimum Gasteiger partial charge on any atom is -0.341 e. The van der Waals surface area contributed by atoms with Crippen molar-refractivity contribution >= 4 is 5.82 Å². The van der Waals surface area contributed by atoms with Crippen LogP contribution in [0.5, 0.6) is 0 Å². The van der Waals surface area contributed by atoms with Crippen molar-refractivity contribution < 1.29 is 8.78 Å².